The van der Waals surface area contributed by atoms with Crippen LogP contribution in [0.25, 0.3) is 0 Å². The molecule has 0 spiro atoms. The predicted octanol–water partition coefficient (Wildman–Crippen LogP) is 4.52. The molecule has 7 heteroatoms. The molecule has 0 saturated carbocycles. The third-order valence-electron chi connectivity index (χ3n) is 4.60. The zero-order chi connectivity index (χ0) is 21.2. The highest BCUT2D eigenvalue weighted by molar-refractivity contribution is 7.92. The molecule has 0 radical (unpaired) electrons. The number of hydrogen-bond acceptors (Lipinski definition) is 3. The predicted molar refractivity (Wildman–Crippen MR) is 112 cm³/mol. The SMILES string of the molecule is Cc1ccc(N(C)S(=O)(=O)c2cccc(C(=O)Nc3cc(F)ccc3C)c2)cc1. The second kappa shape index (κ2) is 8.05. The highest BCUT2D eigenvalue weighted by Crippen LogP contribution is 2.24. The number of amides is 1. The fourth-order valence-electron chi connectivity index (χ4n) is 2.77. The van der Waals surface area contributed by atoms with E-state index in [4.69, 9.17) is 0 Å². The molecular weight excluding hydrogens is 391 g/mol. The molecule has 0 heterocycles. The van der Waals surface area contributed by atoms with Gasteiger partial charge in [-0.15, -0.1) is 0 Å². The Hall–Kier alpha value is -3.19. The zero-order valence-electron chi connectivity index (χ0n) is 16.3. The number of nitrogens with one attached hydrogen (secondary N) is 1. The quantitative estimate of drug-likeness (QED) is 0.670. The average Bonchev–Trinajstić information content (AvgIpc) is 2.71. The summed E-state index contributed by atoms with van der Waals surface area (Å²) in [5.74, 6) is -0.990. The molecule has 3 rings (SSSR count). The van der Waals surface area contributed by atoms with E-state index in [9.17, 15) is 17.6 Å². The number of hydrogen-bond donors (Lipinski definition) is 1. The van der Waals surface area contributed by atoms with Gasteiger partial charge in [-0.1, -0.05) is 29.8 Å². The Morgan fingerprint density at radius 3 is 2.34 bits per heavy atom. The summed E-state index contributed by atoms with van der Waals surface area (Å²) < 4.78 is 40.6. The molecule has 0 aliphatic carbocycles. The summed E-state index contributed by atoms with van der Waals surface area (Å²) in [5, 5.41) is 2.63. The smallest absolute Gasteiger partial charge is 0.264 e. The van der Waals surface area contributed by atoms with E-state index in [1.54, 1.807) is 25.1 Å². The van der Waals surface area contributed by atoms with E-state index in [1.165, 1.54) is 47.8 Å². The van der Waals surface area contributed by atoms with Crippen LogP contribution in [0.15, 0.2) is 71.6 Å². The Bertz CT molecular complexity index is 1160. The van der Waals surface area contributed by atoms with Crippen molar-refractivity contribution in [2.75, 3.05) is 16.7 Å². The van der Waals surface area contributed by atoms with Crippen molar-refractivity contribution in [2.24, 2.45) is 0 Å². The van der Waals surface area contributed by atoms with Crippen molar-refractivity contribution in [3.63, 3.8) is 0 Å². The molecule has 3 aromatic carbocycles. The van der Waals surface area contributed by atoms with Gasteiger partial charge in [-0.3, -0.25) is 9.10 Å². The van der Waals surface area contributed by atoms with Crippen LogP contribution in [0.2, 0.25) is 0 Å². The topological polar surface area (TPSA) is 66.5 Å². The van der Waals surface area contributed by atoms with Crippen molar-refractivity contribution < 1.29 is 17.6 Å². The molecule has 0 fully saturated rings. The van der Waals surface area contributed by atoms with Crippen molar-refractivity contribution in [3.8, 4) is 0 Å². The van der Waals surface area contributed by atoms with Gasteiger partial charge >= 0.3 is 0 Å². The van der Waals surface area contributed by atoms with E-state index in [1.807, 2.05) is 19.1 Å². The van der Waals surface area contributed by atoms with Gasteiger partial charge in [0.25, 0.3) is 15.9 Å². The van der Waals surface area contributed by atoms with Gasteiger partial charge in [0.15, 0.2) is 0 Å². The Morgan fingerprint density at radius 2 is 1.66 bits per heavy atom. The molecule has 0 aromatic heterocycles. The van der Waals surface area contributed by atoms with E-state index in [2.05, 4.69) is 5.32 Å². The maximum atomic E-state index is 13.5. The molecule has 1 amide bonds. The summed E-state index contributed by atoms with van der Waals surface area (Å²) in [6, 6.07) is 16.9. The monoisotopic (exact) mass is 412 g/mol. The fraction of sp³-hybridized carbons (Fsp3) is 0.136. The standard InChI is InChI=1S/C22H21FN2O3S/c1-15-7-11-19(12-8-15)25(3)29(27,28)20-6-4-5-17(13-20)22(26)24-21-14-18(23)10-9-16(21)2/h4-14H,1-3H3,(H,24,26). The first-order chi connectivity index (χ1) is 13.7. The second-order valence-electron chi connectivity index (χ2n) is 6.75. The molecule has 5 nitrogen and oxygen atoms in total. The van der Waals surface area contributed by atoms with Crippen molar-refractivity contribution in [1.29, 1.82) is 0 Å². The molecule has 3 aromatic rings. The number of anilines is 2. The van der Waals surface area contributed by atoms with Crippen LogP contribution in [0.1, 0.15) is 21.5 Å². The molecule has 0 saturated heterocycles. The van der Waals surface area contributed by atoms with Gasteiger partial charge in [0.05, 0.1) is 10.6 Å². The van der Waals surface area contributed by atoms with Crippen LogP contribution >= 0.6 is 0 Å². The molecule has 29 heavy (non-hydrogen) atoms. The van der Waals surface area contributed by atoms with Crippen LogP contribution in [0, 0.1) is 19.7 Å². The van der Waals surface area contributed by atoms with Crippen LogP contribution < -0.4 is 9.62 Å². The number of nitrogens with zero attached hydrogens (tertiary/aromatic N) is 1. The van der Waals surface area contributed by atoms with Gasteiger partial charge in [0, 0.05) is 18.3 Å². The maximum absolute atomic E-state index is 13.5. The summed E-state index contributed by atoms with van der Waals surface area (Å²) in [4.78, 5) is 12.6. The van der Waals surface area contributed by atoms with Crippen LogP contribution in [0.3, 0.4) is 0 Å². The fourth-order valence-corrected chi connectivity index (χ4v) is 4.01. The number of carbonyl (C=O) groups excluding carboxylic acids is 1. The molecule has 0 atom stereocenters. The van der Waals surface area contributed by atoms with E-state index >= 15 is 0 Å². The summed E-state index contributed by atoms with van der Waals surface area (Å²) in [6.45, 7) is 3.66. The first-order valence-electron chi connectivity index (χ1n) is 8.91. The van der Waals surface area contributed by atoms with E-state index in [0.29, 0.717) is 16.9 Å². The van der Waals surface area contributed by atoms with E-state index in [-0.39, 0.29) is 10.5 Å². The normalized spacial score (nSPS) is 11.2. The number of halogens is 1. The van der Waals surface area contributed by atoms with Gasteiger partial charge in [-0.25, -0.2) is 12.8 Å². The molecule has 0 aliphatic heterocycles. The molecule has 0 unspecified atom stereocenters. The van der Waals surface area contributed by atoms with Gasteiger partial charge < -0.3 is 5.32 Å². The minimum absolute atomic E-state index is 0.0100. The van der Waals surface area contributed by atoms with Crippen LogP contribution in [0.4, 0.5) is 15.8 Å². The van der Waals surface area contributed by atoms with Crippen molar-refractivity contribution in [2.45, 2.75) is 18.7 Å². The number of benzene rings is 3. The lowest BCUT2D eigenvalue weighted by molar-refractivity contribution is 0.102. The minimum Gasteiger partial charge on any atom is -0.322 e. The lowest BCUT2D eigenvalue weighted by Crippen LogP contribution is -2.26. The number of carbonyl (C=O) groups is 1. The Morgan fingerprint density at radius 1 is 0.966 bits per heavy atom. The van der Waals surface area contributed by atoms with Crippen LogP contribution in [-0.4, -0.2) is 21.4 Å². The number of sulfonamides is 1. The third kappa shape index (κ3) is 4.46. The lowest BCUT2D eigenvalue weighted by Gasteiger charge is -2.20. The van der Waals surface area contributed by atoms with Crippen LogP contribution in [-0.2, 0) is 10.0 Å². The van der Waals surface area contributed by atoms with Crippen molar-refractivity contribution >= 4 is 27.3 Å². The first-order valence-corrected chi connectivity index (χ1v) is 10.4. The van der Waals surface area contributed by atoms with E-state index < -0.39 is 21.7 Å². The average molecular weight is 412 g/mol. The molecule has 1 N–H and O–H groups in total. The highest BCUT2D eigenvalue weighted by atomic mass is 32.2. The van der Waals surface area contributed by atoms with Gasteiger partial charge in [0.2, 0.25) is 0 Å². The molecule has 0 aliphatic rings. The van der Waals surface area contributed by atoms with Crippen molar-refractivity contribution in [1.82, 2.24) is 0 Å². The summed E-state index contributed by atoms with van der Waals surface area (Å²) in [7, 11) is -2.39. The molecular formula is C22H21FN2O3S. The summed E-state index contributed by atoms with van der Waals surface area (Å²) in [6.07, 6.45) is 0. The largest absolute Gasteiger partial charge is 0.322 e. The molecule has 150 valence electrons. The highest BCUT2D eigenvalue weighted by Gasteiger charge is 2.22. The Kier molecular flexibility index (Phi) is 5.70. The Labute approximate surface area is 169 Å². The van der Waals surface area contributed by atoms with Crippen LogP contribution in [0.5, 0.6) is 0 Å². The van der Waals surface area contributed by atoms with Gasteiger partial charge in [-0.2, -0.15) is 0 Å². The number of rotatable bonds is 5. The van der Waals surface area contributed by atoms with Gasteiger partial charge in [0.1, 0.15) is 5.82 Å². The maximum Gasteiger partial charge on any atom is 0.264 e. The number of aryl methyl sites for hydroxylation is 2. The first kappa shape index (κ1) is 20.5. The Balaban J connectivity index is 1.89. The second-order valence-corrected chi connectivity index (χ2v) is 8.72. The summed E-state index contributed by atoms with van der Waals surface area (Å²) in [5.41, 5.74) is 2.72. The van der Waals surface area contributed by atoms with Crippen molar-refractivity contribution in [3.05, 3.63) is 89.2 Å². The summed E-state index contributed by atoms with van der Waals surface area (Å²) >= 11 is 0. The van der Waals surface area contributed by atoms with E-state index in [0.717, 1.165) is 5.56 Å². The van der Waals surface area contributed by atoms with Gasteiger partial charge in [-0.05, 0) is 61.9 Å². The minimum atomic E-state index is -3.86. The third-order valence-corrected chi connectivity index (χ3v) is 6.38. The molecule has 0 bridgehead atoms. The zero-order valence-corrected chi connectivity index (χ0v) is 17.1. The lowest BCUT2D eigenvalue weighted by atomic mass is 10.1.